The molecule has 0 spiro atoms. The molecule has 4 heteroatoms. The van der Waals surface area contributed by atoms with E-state index in [1.54, 1.807) is 0 Å². The van der Waals surface area contributed by atoms with E-state index >= 15 is 0 Å². The Morgan fingerprint density at radius 1 is 1.08 bits per heavy atom. The summed E-state index contributed by atoms with van der Waals surface area (Å²) in [5.74, 6) is -0.219. The van der Waals surface area contributed by atoms with Crippen LogP contribution in [0, 0.1) is 5.82 Å². The van der Waals surface area contributed by atoms with Gasteiger partial charge in [0, 0.05) is 5.54 Å². The molecule has 1 aliphatic carbocycles. The van der Waals surface area contributed by atoms with Crippen LogP contribution in [-0.4, -0.2) is 9.55 Å². The van der Waals surface area contributed by atoms with Crippen LogP contribution in [0.1, 0.15) is 36.9 Å². The SMILES string of the molecule is C[C@H](c1ccc(F)cc1)n1cncc1-c1ccc(C2(N)CC2)cc1. The molecule has 122 valence electrons. The number of rotatable bonds is 4. The zero-order valence-electron chi connectivity index (χ0n) is 13.6. The van der Waals surface area contributed by atoms with Gasteiger partial charge in [-0.05, 0) is 48.6 Å². The van der Waals surface area contributed by atoms with Crippen LogP contribution in [0.5, 0.6) is 0 Å². The third-order valence-corrected chi connectivity index (χ3v) is 4.98. The molecule has 1 aromatic heterocycles. The van der Waals surface area contributed by atoms with Gasteiger partial charge in [-0.2, -0.15) is 0 Å². The van der Waals surface area contributed by atoms with Gasteiger partial charge in [-0.15, -0.1) is 0 Å². The third kappa shape index (κ3) is 2.63. The van der Waals surface area contributed by atoms with Gasteiger partial charge >= 0.3 is 0 Å². The second-order valence-electron chi connectivity index (χ2n) is 6.65. The van der Waals surface area contributed by atoms with E-state index in [1.165, 1.54) is 17.7 Å². The summed E-state index contributed by atoms with van der Waals surface area (Å²) in [7, 11) is 0. The standard InChI is InChI=1S/C20H20FN3/c1-14(15-4-8-18(21)9-5-15)24-13-23-12-19(24)16-2-6-17(7-3-16)20(22)10-11-20/h2-9,12-14H,10-11,22H2,1H3/t14-/m1/s1. The van der Waals surface area contributed by atoms with Crippen LogP contribution in [0.4, 0.5) is 4.39 Å². The van der Waals surface area contributed by atoms with Gasteiger partial charge in [0.25, 0.3) is 0 Å². The molecule has 0 amide bonds. The Labute approximate surface area is 141 Å². The fourth-order valence-electron chi connectivity index (χ4n) is 3.14. The molecule has 0 bridgehead atoms. The highest BCUT2D eigenvalue weighted by Crippen LogP contribution is 2.43. The van der Waals surface area contributed by atoms with E-state index in [0.717, 1.165) is 29.7 Å². The molecule has 1 aliphatic rings. The molecule has 0 aliphatic heterocycles. The molecule has 0 unspecified atom stereocenters. The highest BCUT2D eigenvalue weighted by Gasteiger charge is 2.39. The van der Waals surface area contributed by atoms with Crippen LogP contribution in [-0.2, 0) is 5.54 Å². The van der Waals surface area contributed by atoms with Crippen LogP contribution < -0.4 is 5.73 Å². The molecule has 0 saturated heterocycles. The molecule has 4 rings (SSSR count). The highest BCUT2D eigenvalue weighted by molar-refractivity contribution is 5.60. The maximum Gasteiger partial charge on any atom is 0.123 e. The zero-order chi connectivity index (χ0) is 16.7. The fraction of sp³-hybridized carbons (Fsp3) is 0.250. The summed E-state index contributed by atoms with van der Waals surface area (Å²) >= 11 is 0. The lowest BCUT2D eigenvalue weighted by atomic mass is 10.0. The van der Waals surface area contributed by atoms with Crippen molar-refractivity contribution in [1.29, 1.82) is 0 Å². The lowest BCUT2D eigenvalue weighted by molar-refractivity contribution is 0.617. The number of nitrogens with two attached hydrogens (primary N) is 1. The Hall–Kier alpha value is -2.46. The fourth-order valence-corrected chi connectivity index (χ4v) is 3.14. The van der Waals surface area contributed by atoms with Gasteiger partial charge in [0.05, 0.1) is 24.3 Å². The summed E-state index contributed by atoms with van der Waals surface area (Å²) in [6.45, 7) is 2.09. The molecule has 1 saturated carbocycles. The van der Waals surface area contributed by atoms with Gasteiger partial charge in [-0.1, -0.05) is 36.4 Å². The van der Waals surface area contributed by atoms with Gasteiger partial charge < -0.3 is 10.3 Å². The molecular formula is C20H20FN3. The molecule has 0 radical (unpaired) electrons. The lowest BCUT2D eigenvalue weighted by Gasteiger charge is -2.18. The van der Waals surface area contributed by atoms with E-state index in [1.807, 2.05) is 24.7 Å². The first-order valence-corrected chi connectivity index (χ1v) is 8.24. The Morgan fingerprint density at radius 2 is 1.75 bits per heavy atom. The molecule has 3 nitrogen and oxygen atoms in total. The van der Waals surface area contributed by atoms with Crippen molar-refractivity contribution in [3.05, 3.63) is 78.0 Å². The molecular weight excluding hydrogens is 301 g/mol. The number of imidazole rings is 1. The second kappa shape index (κ2) is 5.56. The molecule has 2 N–H and O–H groups in total. The average molecular weight is 321 g/mol. The van der Waals surface area contributed by atoms with Gasteiger partial charge in [0.1, 0.15) is 5.82 Å². The normalized spacial score (nSPS) is 16.8. The van der Waals surface area contributed by atoms with E-state index < -0.39 is 0 Å². The predicted molar refractivity (Wildman–Crippen MR) is 93.0 cm³/mol. The first kappa shape index (κ1) is 15.1. The lowest BCUT2D eigenvalue weighted by Crippen LogP contribution is -2.18. The average Bonchev–Trinajstić information content (AvgIpc) is 3.17. The van der Waals surface area contributed by atoms with Gasteiger partial charge in [0.2, 0.25) is 0 Å². The minimum Gasteiger partial charge on any atom is -0.323 e. The highest BCUT2D eigenvalue weighted by atomic mass is 19.1. The Kier molecular flexibility index (Phi) is 3.50. The summed E-state index contributed by atoms with van der Waals surface area (Å²) in [4.78, 5) is 4.31. The van der Waals surface area contributed by atoms with Gasteiger partial charge in [-0.3, -0.25) is 0 Å². The van der Waals surface area contributed by atoms with Crippen LogP contribution in [0.3, 0.4) is 0 Å². The van der Waals surface area contributed by atoms with Crippen molar-refractivity contribution >= 4 is 0 Å². The molecule has 3 aromatic rings. The smallest absolute Gasteiger partial charge is 0.123 e. The van der Waals surface area contributed by atoms with Crippen LogP contribution in [0.25, 0.3) is 11.3 Å². The van der Waals surface area contributed by atoms with Crippen molar-refractivity contribution < 1.29 is 4.39 Å². The van der Waals surface area contributed by atoms with E-state index in [-0.39, 0.29) is 17.4 Å². The van der Waals surface area contributed by atoms with Crippen molar-refractivity contribution in [2.75, 3.05) is 0 Å². The van der Waals surface area contributed by atoms with Crippen LogP contribution in [0.15, 0.2) is 61.1 Å². The number of benzene rings is 2. The van der Waals surface area contributed by atoms with Crippen LogP contribution >= 0.6 is 0 Å². The quantitative estimate of drug-likeness (QED) is 0.781. The maximum atomic E-state index is 13.1. The summed E-state index contributed by atoms with van der Waals surface area (Å²) in [5.41, 5.74) is 10.5. The summed E-state index contributed by atoms with van der Waals surface area (Å²) in [6, 6.07) is 15.1. The predicted octanol–water partition coefficient (Wildman–Crippen LogP) is 4.25. The zero-order valence-corrected chi connectivity index (χ0v) is 13.6. The van der Waals surface area contributed by atoms with Crippen molar-refractivity contribution in [3.63, 3.8) is 0 Å². The summed E-state index contributed by atoms with van der Waals surface area (Å²) < 4.78 is 15.3. The topological polar surface area (TPSA) is 43.8 Å². The Bertz CT molecular complexity index is 845. The van der Waals surface area contributed by atoms with E-state index in [4.69, 9.17) is 5.73 Å². The molecule has 1 heterocycles. The molecule has 1 fully saturated rings. The van der Waals surface area contributed by atoms with E-state index in [0.29, 0.717) is 0 Å². The van der Waals surface area contributed by atoms with E-state index in [2.05, 4.69) is 40.7 Å². The van der Waals surface area contributed by atoms with Crippen molar-refractivity contribution in [2.45, 2.75) is 31.3 Å². The Balaban J connectivity index is 1.65. The third-order valence-electron chi connectivity index (χ3n) is 4.98. The second-order valence-corrected chi connectivity index (χ2v) is 6.65. The number of aromatic nitrogens is 2. The number of hydrogen-bond donors (Lipinski definition) is 1. The minimum atomic E-state index is -0.219. The summed E-state index contributed by atoms with van der Waals surface area (Å²) in [5, 5.41) is 0. The van der Waals surface area contributed by atoms with Crippen molar-refractivity contribution in [2.24, 2.45) is 5.73 Å². The largest absolute Gasteiger partial charge is 0.323 e. The van der Waals surface area contributed by atoms with Crippen LogP contribution in [0.2, 0.25) is 0 Å². The molecule has 1 atom stereocenters. The van der Waals surface area contributed by atoms with E-state index in [9.17, 15) is 4.39 Å². The Morgan fingerprint density at radius 3 is 2.38 bits per heavy atom. The number of nitrogens with zero attached hydrogens (tertiary/aromatic N) is 2. The molecule has 2 aromatic carbocycles. The first-order chi connectivity index (χ1) is 11.6. The number of hydrogen-bond acceptors (Lipinski definition) is 2. The van der Waals surface area contributed by atoms with Gasteiger partial charge in [-0.25, -0.2) is 9.37 Å². The van der Waals surface area contributed by atoms with Crippen molar-refractivity contribution in [1.82, 2.24) is 9.55 Å². The minimum absolute atomic E-state index is 0.0760. The summed E-state index contributed by atoms with van der Waals surface area (Å²) in [6.07, 6.45) is 5.81. The van der Waals surface area contributed by atoms with Gasteiger partial charge in [0.15, 0.2) is 0 Å². The van der Waals surface area contributed by atoms with Crippen molar-refractivity contribution in [3.8, 4) is 11.3 Å². The maximum absolute atomic E-state index is 13.1. The molecule has 24 heavy (non-hydrogen) atoms. The number of halogens is 1. The first-order valence-electron chi connectivity index (χ1n) is 8.24. The monoisotopic (exact) mass is 321 g/mol.